The van der Waals surface area contributed by atoms with E-state index in [0.29, 0.717) is 11.0 Å². The first-order valence-electron chi connectivity index (χ1n) is 8.43. The van der Waals surface area contributed by atoms with Crippen LogP contribution in [-0.2, 0) is 14.1 Å². The second kappa shape index (κ2) is 7.21. The molecule has 0 atom stereocenters. The fraction of sp³-hybridized carbons (Fsp3) is 0.500. The summed E-state index contributed by atoms with van der Waals surface area (Å²) in [5.41, 5.74) is 0.726. The molecule has 0 saturated carbocycles. The van der Waals surface area contributed by atoms with Crippen molar-refractivity contribution in [1.82, 2.24) is 10.3 Å². The maximum Gasteiger partial charge on any atom is 0.492 e. The highest BCUT2D eigenvalue weighted by molar-refractivity contribution is 6.56. The number of aromatic carboxylic acids is 1. The lowest BCUT2D eigenvalue weighted by molar-refractivity contribution is -0.118. The maximum atomic E-state index is 11.5. The van der Waals surface area contributed by atoms with Crippen molar-refractivity contribution in [3.63, 3.8) is 0 Å². The van der Waals surface area contributed by atoms with Crippen LogP contribution in [0.4, 0.5) is 0 Å². The van der Waals surface area contributed by atoms with Gasteiger partial charge in [-0.05, 0) is 51.7 Å². The van der Waals surface area contributed by atoms with Crippen LogP contribution in [0.3, 0.4) is 0 Å². The zero-order chi connectivity index (χ0) is 19.7. The Morgan fingerprint density at radius 1 is 1.27 bits per heavy atom. The lowest BCUT2D eigenvalue weighted by atomic mass is 9.76. The summed E-state index contributed by atoms with van der Waals surface area (Å²) in [6.07, 6.45) is 3.17. The van der Waals surface area contributed by atoms with Gasteiger partial charge in [0.15, 0.2) is 5.69 Å². The summed E-state index contributed by atoms with van der Waals surface area (Å²) in [5.74, 6) is -1.32. The molecule has 8 heteroatoms. The van der Waals surface area contributed by atoms with E-state index in [2.05, 4.69) is 10.3 Å². The van der Waals surface area contributed by atoms with Gasteiger partial charge in [0, 0.05) is 25.2 Å². The predicted octanol–water partition coefficient (Wildman–Crippen LogP) is 2.24. The summed E-state index contributed by atoms with van der Waals surface area (Å²) < 4.78 is 12.1. The molecule has 0 unspecified atom stereocenters. The lowest BCUT2D eigenvalue weighted by Crippen LogP contribution is -2.41. The van der Waals surface area contributed by atoms with Gasteiger partial charge in [-0.1, -0.05) is 6.08 Å². The van der Waals surface area contributed by atoms with Crippen molar-refractivity contribution >= 4 is 25.1 Å². The summed E-state index contributed by atoms with van der Waals surface area (Å²) in [5, 5.41) is 12.1. The van der Waals surface area contributed by atoms with Gasteiger partial charge in [-0.2, -0.15) is 0 Å². The van der Waals surface area contributed by atoms with Gasteiger partial charge in [-0.3, -0.25) is 4.79 Å². The van der Waals surface area contributed by atoms with E-state index in [1.165, 1.54) is 13.1 Å². The highest BCUT2D eigenvalue weighted by Crippen LogP contribution is 2.38. The van der Waals surface area contributed by atoms with Crippen LogP contribution in [0.15, 0.2) is 17.7 Å². The topological polar surface area (TPSA) is 97.8 Å². The SMILES string of the molecule is CC(=O)NCC(=Cc1cc(C)cnc1C(=O)O)B1OC(C)(C)C(C)(C)O1. The van der Waals surface area contributed by atoms with Crippen LogP contribution >= 0.6 is 0 Å². The number of hydrogen-bond acceptors (Lipinski definition) is 5. The fourth-order valence-corrected chi connectivity index (χ4v) is 2.50. The first-order chi connectivity index (χ1) is 11.9. The molecule has 2 rings (SSSR count). The third-order valence-corrected chi connectivity index (χ3v) is 4.69. The maximum absolute atomic E-state index is 11.5. The summed E-state index contributed by atoms with van der Waals surface area (Å²) in [7, 11) is -0.700. The van der Waals surface area contributed by atoms with Crippen LogP contribution in [0.2, 0.25) is 0 Å². The zero-order valence-corrected chi connectivity index (χ0v) is 16.0. The number of carbonyl (C=O) groups excluding carboxylic acids is 1. The molecule has 0 aliphatic carbocycles. The largest absolute Gasteiger partial charge is 0.492 e. The molecule has 2 N–H and O–H groups in total. The Kier molecular flexibility index (Phi) is 5.58. The van der Waals surface area contributed by atoms with Crippen LogP contribution in [0.1, 0.15) is 56.2 Å². The van der Waals surface area contributed by atoms with Crippen LogP contribution in [-0.4, -0.2) is 46.8 Å². The Morgan fingerprint density at radius 3 is 2.35 bits per heavy atom. The minimum atomic E-state index is -1.12. The van der Waals surface area contributed by atoms with E-state index in [-0.39, 0.29) is 18.1 Å². The fourth-order valence-electron chi connectivity index (χ4n) is 2.50. The number of aromatic nitrogens is 1. The number of carboxylic acids is 1. The van der Waals surface area contributed by atoms with E-state index in [4.69, 9.17) is 9.31 Å². The van der Waals surface area contributed by atoms with Crippen molar-refractivity contribution in [3.8, 4) is 0 Å². The van der Waals surface area contributed by atoms with Crippen LogP contribution in [0, 0.1) is 6.92 Å². The molecule has 0 aromatic carbocycles. The van der Waals surface area contributed by atoms with Gasteiger partial charge < -0.3 is 19.7 Å². The molecular formula is C18H25BN2O5. The average molecular weight is 360 g/mol. The number of amides is 1. The number of pyridine rings is 1. The first kappa shape index (κ1) is 20.1. The molecule has 1 fully saturated rings. The molecule has 26 heavy (non-hydrogen) atoms. The molecule has 1 aliphatic rings. The summed E-state index contributed by atoms with van der Waals surface area (Å²) in [4.78, 5) is 26.9. The van der Waals surface area contributed by atoms with Crippen molar-refractivity contribution in [2.24, 2.45) is 0 Å². The minimum Gasteiger partial charge on any atom is -0.476 e. The predicted molar refractivity (Wildman–Crippen MR) is 98.7 cm³/mol. The second-order valence-electron chi connectivity index (χ2n) is 7.47. The van der Waals surface area contributed by atoms with Crippen molar-refractivity contribution in [2.75, 3.05) is 6.54 Å². The Bertz CT molecular complexity index is 742. The quantitative estimate of drug-likeness (QED) is 0.782. The van der Waals surface area contributed by atoms with Crippen LogP contribution in [0.5, 0.6) is 0 Å². The van der Waals surface area contributed by atoms with Crippen molar-refractivity contribution in [2.45, 2.75) is 52.7 Å². The number of nitrogens with one attached hydrogen (secondary N) is 1. The van der Waals surface area contributed by atoms with Crippen LogP contribution < -0.4 is 5.32 Å². The van der Waals surface area contributed by atoms with E-state index in [1.54, 1.807) is 12.1 Å². The van der Waals surface area contributed by atoms with E-state index < -0.39 is 24.3 Å². The summed E-state index contributed by atoms with van der Waals surface area (Å²) in [6.45, 7) is 11.1. The number of nitrogens with zero attached hydrogens (tertiary/aromatic N) is 1. The van der Waals surface area contributed by atoms with Crippen molar-refractivity contribution < 1.29 is 24.0 Å². The Morgan fingerprint density at radius 2 is 1.85 bits per heavy atom. The van der Waals surface area contributed by atoms with Gasteiger partial charge in [0.2, 0.25) is 5.91 Å². The first-order valence-corrected chi connectivity index (χ1v) is 8.43. The third kappa shape index (κ3) is 4.31. The van der Waals surface area contributed by atoms with Crippen LogP contribution in [0.25, 0.3) is 6.08 Å². The summed E-state index contributed by atoms with van der Waals surface area (Å²) in [6, 6.07) is 1.73. The standard InChI is InChI=1S/C18H25BN2O5/c1-11-7-13(15(16(23)24)21-9-11)8-14(10-20-12(2)22)19-25-17(3,4)18(5,6)26-19/h7-9H,10H2,1-6H3,(H,20,22)(H,23,24). The third-order valence-electron chi connectivity index (χ3n) is 4.69. The molecule has 0 bridgehead atoms. The van der Waals surface area contributed by atoms with Gasteiger partial charge in [-0.15, -0.1) is 0 Å². The number of carbonyl (C=O) groups is 2. The molecule has 1 amide bonds. The highest BCUT2D eigenvalue weighted by Gasteiger charge is 2.52. The van der Waals surface area contributed by atoms with Gasteiger partial charge in [-0.25, -0.2) is 9.78 Å². The normalized spacial score (nSPS) is 18.7. The highest BCUT2D eigenvalue weighted by atomic mass is 16.7. The monoisotopic (exact) mass is 360 g/mol. The van der Waals surface area contributed by atoms with Crippen molar-refractivity contribution in [3.05, 3.63) is 34.6 Å². The van der Waals surface area contributed by atoms with Gasteiger partial charge >= 0.3 is 13.1 Å². The number of aryl methyl sites for hydroxylation is 1. The van der Waals surface area contributed by atoms with E-state index >= 15 is 0 Å². The molecular weight excluding hydrogens is 335 g/mol. The van der Waals surface area contributed by atoms with Gasteiger partial charge in [0.1, 0.15) is 0 Å². The van der Waals surface area contributed by atoms with Crippen molar-refractivity contribution in [1.29, 1.82) is 0 Å². The zero-order valence-electron chi connectivity index (χ0n) is 16.0. The van der Waals surface area contributed by atoms with E-state index in [9.17, 15) is 14.7 Å². The number of hydrogen-bond donors (Lipinski definition) is 2. The Hall–Kier alpha value is -2.19. The van der Waals surface area contributed by atoms with E-state index in [0.717, 1.165) is 5.56 Å². The molecule has 7 nitrogen and oxygen atoms in total. The minimum absolute atomic E-state index is 0.0626. The molecule has 1 aliphatic heterocycles. The average Bonchev–Trinajstić information content (AvgIpc) is 2.71. The molecule has 1 aromatic heterocycles. The Balaban J connectivity index is 2.46. The summed E-state index contributed by atoms with van der Waals surface area (Å²) >= 11 is 0. The van der Waals surface area contributed by atoms with E-state index in [1.807, 2.05) is 34.6 Å². The lowest BCUT2D eigenvalue weighted by Gasteiger charge is -2.32. The molecule has 2 heterocycles. The molecule has 140 valence electrons. The van der Waals surface area contributed by atoms with Gasteiger partial charge in [0.05, 0.1) is 11.2 Å². The molecule has 0 radical (unpaired) electrons. The number of carboxylic acid groups (broad SMARTS) is 1. The molecule has 1 aromatic rings. The molecule has 1 saturated heterocycles. The molecule has 0 spiro atoms. The number of rotatable bonds is 5. The smallest absolute Gasteiger partial charge is 0.476 e. The second-order valence-corrected chi connectivity index (χ2v) is 7.47. The Labute approximate surface area is 153 Å². The van der Waals surface area contributed by atoms with Gasteiger partial charge in [0.25, 0.3) is 0 Å².